The second-order valence-corrected chi connectivity index (χ2v) is 13.9. The van der Waals surface area contributed by atoms with E-state index in [0.717, 1.165) is 29.0 Å². The first kappa shape index (κ1) is 33.3. The lowest BCUT2D eigenvalue weighted by Crippen LogP contribution is -2.41. The van der Waals surface area contributed by atoms with Gasteiger partial charge < -0.3 is 10.1 Å². The van der Waals surface area contributed by atoms with Crippen molar-refractivity contribution in [2.75, 3.05) is 45.6 Å². The molecule has 0 unspecified atom stereocenters. The first-order valence-electron chi connectivity index (χ1n) is 13.4. The van der Waals surface area contributed by atoms with Gasteiger partial charge in [-0.1, -0.05) is 18.2 Å². The van der Waals surface area contributed by atoms with Crippen LogP contribution in [0.5, 0.6) is 0 Å². The quantitative estimate of drug-likeness (QED) is 0.338. The van der Waals surface area contributed by atoms with Gasteiger partial charge in [-0.05, 0) is 48.9 Å². The molecular weight excluding hydrogens is 625 g/mol. The third-order valence-electron chi connectivity index (χ3n) is 7.00. The van der Waals surface area contributed by atoms with Crippen LogP contribution >= 0.6 is 0 Å². The summed E-state index contributed by atoms with van der Waals surface area (Å²) in [6, 6.07) is 10.3. The van der Waals surface area contributed by atoms with Crippen molar-refractivity contribution in [1.82, 2.24) is 19.5 Å². The average Bonchev–Trinajstić information content (AvgIpc) is 2.96. The number of benzene rings is 2. The highest BCUT2D eigenvalue weighted by atomic mass is 32.2. The van der Waals surface area contributed by atoms with Gasteiger partial charge in [0.25, 0.3) is 11.5 Å². The van der Waals surface area contributed by atoms with Crippen molar-refractivity contribution in [3.05, 3.63) is 87.3 Å². The number of morpholine rings is 1. The highest BCUT2D eigenvalue weighted by Crippen LogP contribution is 2.30. The van der Waals surface area contributed by atoms with E-state index in [4.69, 9.17) is 4.74 Å². The number of pyridine rings is 1. The van der Waals surface area contributed by atoms with E-state index in [2.05, 4.69) is 10.0 Å². The predicted molar refractivity (Wildman–Crippen MR) is 155 cm³/mol. The van der Waals surface area contributed by atoms with Gasteiger partial charge in [-0.2, -0.15) is 13.2 Å². The molecule has 4 rings (SSSR count). The molecule has 2 N–H and O–H groups in total. The molecular formula is C28H31F3N4O7S2. The third-order valence-corrected chi connectivity index (χ3v) is 9.70. The van der Waals surface area contributed by atoms with Crippen LogP contribution in [0.2, 0.25) is 0 Å². The van der Waals surface area contributed by atoms with Gasteiger partial charge >= 0.3 is 6.18 Å². The lowest BCUT2D eigenvalue weighted by Gasteiger charge is -2.26. The fourth-order valence-electron chi connectivity index (χ4n) is 4.62. The molecule has 0 saturated carbocycles. The summed E-state index contributed by atoms with van der Waals surface area (Å²) in [5.41, 5.74) is -2.71. The monoisotopic (exact) mass is 656 g/mol. The summed E-state index contributed by atoms with van der Waals surface area (Å²) in [6.07, 6.45) is -3.70. The number of sulfone groups is 1. The minimum atomic E-state index is -4.74. The van der Waals surface area contributed by atoms with E-state index >= 15 is 0 Å². The van der Waals surface area contributed by atoms with Crippen LogP contribution in [-0.2, 0) is 37.3 Å². The SMILES string of the molecule is Cc1c(S(=O)(=O)NCCN2CCOCC2)cc(C(=O)NCc2ccc(S(C)(=O)=O)cc2)c(=O)n1-c1cccc(C(F)(F)F)c1. The van der Waals surface area contributed by atoms with Crippen LogP contribution in [0, 0.1) is 6.92 Å². The largest absolute Gasteiger partial charge is 0.416 e. The van der Waals surface area contributed by atoms with Crippen LogP contribution in [0.1, 0.15) is 27.2 Å². The molecule has 2 aromatic carbocycles. The number of carbonyl (C=O) groups is 1. The third kappa shape index (κ3) is 7.92. The molecule has 1 amide bonds. The Balaban J connectivity index is 1.71. The number of sulfonamides is 1. The van der Waals surface area contributed by atoms with Crippen molar-refractivity contribution < 1.29 is 39.5 Å². The average molecular weight is 657 g/mol. The second kappa shape index (κ2) is 13.2. The summed E-state index contributed by atoms with van der Waals surface area (Å²) >= 11 is 0. The number of ether oxygens (including phenoxy) is 1. The summed E-state index contributed by atoms with van der Waals surface area (Å²) in [4.78, 5) is 28.4. The molecule has 0 bridgehead atoms. The van der Waals surface area contributed by atoms with Gasteiger partial charge in [-0.15, -0.1) is 0 Å². The number of amides is 1. The van der Waals surface area contributed by atoms with E-state index in [-0.39, 0.29) is 29.4 Å². The first-order chi connectivity index (χ1) is 20.6. The van der Waals surface area contributed by atoms with Gasteiger partial charge in [0.1, 0.15) is 10.5 Å². The number of halogens is 3. The van der Waals surface area contributed by atoms with Crippen molar-refractivity contribution in [2.45, 2.75) is 29.4 Å². The van der Waals surface area contributed by atoms with E-state index in [9.17, 15) is 39.6 Å². The Morgan fingerprint density at radius 1 is 1.00 bits per heavy atom. The number of nitrogens with zero attached hydrogens (tertiary/aromatic N) is 2. The van der Waals surface area contributed by atoms with Crippen LogP contribution in [0.25, 0.3) is 5.69 Å². The molecule has 0 spiro atoms. The number of rotatable bonds is 10. The van der Waals surface area contributed by atoms with Gasteiger partial charge in [0, 0.05) is 50.4 Å². The molecule has 0 aliphatic carbocycles. The summed E-state index contributed by atoms with van der Waals surface area (Å²) in [6.45, 7) is 3.71. The summed E-state index contributed by atoms with van der Waals surface area (Å²) < 4.78 is 99.3. The van der Waals surface area contributed by atoms with E-state index in [1.54, 1.807) is 0 Å². The normalized spacial score (nSPS) is 14.8. The Morgan fingerprint density at radius 3 is 2.27 bits per heavy atom. The zero-order valence-electron chi connectivity index (χ0n) is 23.8. The minimum absolute atomic E-state index is 0.00450. The zero-order chi connectivity index (χ0) is 32.3. The van der Waals surface area contributed by atoms with Crippen molar-refractivity contribution >= 4 is 25.8 Å². The molecule has 16 heteroatoms. The lowest BCUT2D eigenvalue weighted by atomic mass is 10.1. The second-order valence-electron chi connectivity index (χ2n) is 10.1. The van der Waals surface area contributed by atoms with Crippen molar-refractivity contribution in [3.63, 3.8) is 0 Å². The van der Waals surface area contributed by atoms with Crippen molar-refractivity contribution in [3.8, 4) is 5.69 Å². The topological polar surface area (TPSA) is 144 Å². The fraction of sp³-hybridized carbons (Fsp3) is 0.357. The van der Waals surface area contributed by atoms with Crippen molar-refractivity contribution in [1.29, 1.82) is 0 Å². The summed E-state index contributed by atoms with van der Waals surface area (Å²) in [5, 5.41) is 2.50. The Kier molecular flexibility index (Phi) is 9.99. The molecule has 1 aliphatic rings. The molecule has 2 heterocycles. The Bertz CT molecular complexity index is 1800. The van der Waals surface area contributed by atoms with Gasteiger partial charge in [0.05, 0.1) is 23.7 Å². The summed E-state index contributed by atoms with van der Waals surface area (Å²) in [7, 11) is -7.80. The zero-order valence-corrected chi connectivity index (χ0v) is 25.5. The lowest BCUT2D eigenvalue weighted by molar-refractivity contribution is -0.137. The molecule has 238 valence electrons. The number of nitrogens with one attached hydrogen (secondary N) is 2. The Hall–Kier alpha value is -3.57. The van der Waals surface area contributed by atoms with Gasteiger partial charge in [-0.3, -0.25) is 19.1 Å². The standard InChI is InChI=1S/C28H31F3N4O7S2/c1-19-25(44(40,41)33-10-11-34-12-14-42-15-13-34)17-24(26(36)32-18-20-6-8-23(9-7-20)43(2,38)39)27(37)35(19)22-5-3-4-21(16-22)28(29,30)31/h3-9,16-17,33H,10-15,18H2,1-2H3,(H,32,36). The minimum Gasteiger partial charge on any atom is -0.379 e. The maximum absolute atomic E-state index is 13.6. The highest BCUT2D eigenvalue weighted by Gasteiger charge is 2.31. The number of aromatic nitrogens is 1. The highest BCUT2D eigenvalue weighted by molar-refractivity contribution is 7.90. The van der Waals surface area contributed by atoms with Crippen LogP contribution in [0.15, 0.2) is 69.2 Å². The molecule has 1 aliphatic heterocycles. The fourth-order valence-corrected chi connectivity index (χ4v) is 6.52. The summed E-state index contributed by atoms with van der Waals surface area (Å²) in [5.74, 6) is -0.979. The molecule has 1 fully saturated rings. The van der Waals surface area contributed by atoms with Gasteiger partial charge in [-0.25, -0.2) is 21.6 Å². The van der Waals surface area contributed by atoms with E-state index in [1.165, 1.54) is 37.3 Å². The van der Waals surface area contributed by atoms with Crippen LogP contribution < -0.4 is 15.6 Å². The Labute approximate surface area is 252 Å². The van der Waals surface area contributed by atoms with Crippen LogP contribution in [0.4, 0.5) is 13.2 Å². The maximum atomic E-state index is 13.6. The molecule has 44 heavy (non-hydrogen) atoms. The maximum Gasteiger partial charge on any atom is 0.416 e. The number of hydrogen-bond acceptors (Lipinski definition) is 8. The van der Waals surface area contributed by atoms with Crippen LogP contribution in [0.3, 0.4) is 0 Å². The molecule has 1 aromatic heterocycles. The van der Waals surface area contributed by atoms with E-state index in [1.807, 2.05) is 4.90 Å². The molecule has 0 atom stereocenters. The molecule has 1 saturated heterocycles. The predicted octanol–water partition coefficient (Wildman–Crippen LogP) is 2.11. The van der Waals surface area contributed by atoms with Gasteiger partial charge in [0.2, 0.25) is 10.0 Å². The molecule has 0 radical (unpaired) electrons. The molecule has 3 aromatic rings. The first-order valence-corrected chi connectivity index (χ1v) is 16.8. The molecule has 11 nitrogen and oxygen atoms in total. The van der Waals surface area contributed by atoms with Crippen molar-refractivity contribution in [2.24, 2.45) is 0 Å². The number of carbonyl (C=O) groups excluding carboxylic acids is 1. The van der Waals surface area contributed by atoms with E-state index in [0.29, 0.717) is 44.5 Å². The van der Waals surface area contributed by atoms with Gasteiger partial charge in [0.15, 0.2) is 9.84 Å². The number of hydrogen-bond donors (Lipinski definition) is 2. The van der Waals surface area contributed by atoms with E-state index < -0.39 is 53.5 Å². The van der Waals surface area contributed by atoms with Crippen LogP contribution in [-0.4, -0.2) is 77.9 Å². The smallest absolute Gasteiger partial charge is 0.379 e. The number of alkyl halides is 3. The Morgan fingerprint density at radius 2 is 1.66 bits per heavy atom.